The molecule has 1 aliphatic heterocycles. The quantitative estimate of drug-likeness (QED) is 0.799. The van der Waals surface area contributed by atoms with E-state index in [-0.39, 0.29) is 12.4 Å². The van der Waals surface area contributed by atoms with Gasteiger partial charge in [0.05, 0.1) is 0 Å². The zero-order valence-electron chi connectivity index (χ0n) is 12.7. The van der Waals surface area contributed by atoms with Gasteiger partial charge in [0.1, 0.15) is 0 Å². The van der Waals surface area contributed by atoms with Gasteiger partial charge in [-0.25, -0.2) is 0 Å². The van der Waals surface area contributed by atoms with Gasteiger partial charge in [0.25, 0.3) is 0 Å². The number of rotatable bonds is 6. The van der Waals surface area contributed by atoms with Crippen LogP contribution >= 0.6 is 12.4 Å². The van der Waals surface area contributed by atoms with E-state index in [1.807, 2.05) is 0 Å². The standard InChI is InChI=1S/C16H32N2.ClH/c1-2-13-18(16-8-11-17-12-9-16)14-10-15-6-4-3-5-7-15;/h15-17H,2-14H2,1H3;1H. The molecule has 0 aromatic rings. The zero-order chi connectivity index (χ0) is 12.6. The first-order chi connectivity index (χ1) is 8.90. The summed E-state index contributed by atoms with van der Waals surface area (Å²) in [7, 11) is 0. The lowest BCUT2D eigenvalue weighted by molar-refractivity contribution is 0.146. The first kappa shape index (κ1) is 17.3. The highest BCUT2D eigenvalue weighted by Crippen LogP contribution is 2.27. The predicted molar refractivity (Wildman–Crippen MR) is 86.2 cm³/mol. The van der Waals surface area contributed by atoms with Gasteiger partial charge < -0.3 is 10.2 Å². The summed E-state index contributed by atoms with van der Waals surface area (Å²) in [5.41, 5.74) is 0. The van der Waals surface area contributed by atoms with E-state index in [0.717, 1.165) is 12.0 Å². The Kier molecular flexibility index (Phi) is 9.10. The molecule has 1 saturated heterocycles. The lowest BCUT2D eigenvalue weighted by atomic mass is 9.86. The molecule has 2 nitrogen and oxygen atoms in total. The smallest absolute Gasteiger partial charge is 0.0119 e. The summed E-state index contributed by atoms with van der Waals surface area (Å²) in [6, 6.07) is 0.870. The van der Waals surface area contributed by atoms with Crippen molar-refractivity contribution in [2.24, 2.45) is 5.92 Å². The van der Waals surface area contributed by atoms with E-state index in [4.69, 9.17) is 0 Å². The minimum absolute atomic E-state index is 0. The van der Waals surface area contributed by atoms with E-state index < -0.39 is 0 Å². The van der Waals surface area contributed by atoms with Crippen LogP contribution in [0.1, 0.15) is 64.7 Å². The van der Waals surface area contributed by atoms with E-state index in [2.05, 4.69) is 17.1 Å². The van der Waals surface area contributed by atoms with Crippen molar-refractivity contribution in [3.8, 4) is 0 Å². The van der Waals surface area contributed by atoms with Crippen LogP contribution in [-0.4, -0.2) is 37.1 Å². The number of nitrogens with one attached hydrogen (secondary N) is 1. The van der Waals surface area contributed by atoms with E-state index in [0.29, 0.717) is 0 Å². The minimum atomic E-state index is 0. The van der Waals surface area contributed by atoms with E-state index in [1.165, 1.54) is 84.0 Å². The molecule has 0 bridgehead atoms. The molecule has 114 valence electrons. The molecule has 0 aromatic carbocycles. The molecule has 2 fully saturated rings. The second-order valence-electron chi connectivity index (χ2n) is 6.31. The van der Waals surface area contributed by atoms with Crippen molar-refractivity contribution in [3.63, 3.8) is 0 Å². The van der Waals surface area contributed by atoms with Crippen molar-refractivity contribution in [1.29, 1.82) is 0 Å². The molecule has 1 heterocycles. The van der Waals surface area contributed by atoms with Gasteiger partial charge in [-0.05, 0) is 57.8 Å². The van der Waals surface area contributed by atoms with Crippen LogP contribution in [0.5, 0.6) is 0 Å². The van der Waals surface area contributed by atoms with Crippen LogP contribution in [0, 0.1) is 5.92 Å². The Bertz CT molecular complexity index is 211. The normalized spacial score (nSPS) is 22.4. The van der Waals surface area contributed by atoms with Gasteiger partial charge in [-0.2, -0.15) is 0 Å². The molecular formula is C16H33ClN2. The zero-order valence-corrected chi connectivity index (χ0v) is 13.5. The fourth-order valence-electron chi connectivity index (χ4n) is 3.76. The topological polar surface area (TPSA) is 15.3 Å². The van der Waals surface area contributed by atoms with Crippen LogP contribution in [0.25, 0.3) is 0 Å². The van der Waals surface area contributed by atoms with E-state index in [9.17, 15) is 0 Å². The highest BCUT2D eigenvalue weighted by atomic mass is 35.5. The summed E-state index contributed by atoms with van der Waals surface area (Å²) < 4.78 is 0. The molecule has 0 amide bonds. The van der Waals surface area contributed by atoms with Gasteiger partial charge in [0.15, 0.2) is 0 Å². The first-order valence-electron chi connectivity index (χ1n) is 8.35. The van der Waals surface area contributed by atoms with Crippen LogP contribution in [0.15, 0.2) is 0 Å². The third-order valence-electron chi connectivity index (χ3n) is 4.89. The van der Waals surface area contributed by atoms with E-state index >= 15 is 0 Å². The van der Waals surface area contributed by atoms with Crippen molar-refractivity contribution in [2.45, 2.75) is 70.8 Å². The van der Waals surface area contributed by atoms with Crippen molar-refractivity contribution in [1.82, 2.24) is 10.2 Å². The Labute approximate surface area is 126 Å². The molecule has 19 heavy (non-hydrogen) atoms. The summed E-state index contributed by atoms with van der Waals surface area (Å²) in [6.07, 6.45) is 13.0. The largest absolute Gasteiger partial charge is 0.317 e. The lowest BCUT2D eigenvalue weighted by Gasteiger charge is -2.35. The van der Waals surface area contributed by atoms with Crippen LogP contribution in [0.4, 0.5) is 0 Å². The van der Waals surface area contributed by atoms with E-state index in [1.54, 1.807) is 0 Å². The molecule has 0 radical (unpaired) electrons. The summed E-state index contributed by atoms with van der Waals surface area (Å²) in [6.45, 7) is 7.47. The fourth-order valence-corrected chi connectivity index (χ4v) is 3.76. The fraction of sp³-hybridized carbons (Fsp3) is 1.00. The SMILES string of the molecule is CCCN(CCC1CCCCC1)C1CCNCC1.Cl. The minimum Gasteiger partial charge on any atom is -0.317 e. The number of nitrogens with zero attached hydrogens (tertiary/aromatic N) is 1. The van der Waals surface area contributed by atoms with Gasteiger partial charge in [-0.3, -0.25) is 0 Å². The number of hydrogen-bond acceptors (Lipinski definition) is 2. The molecule has 3 heteroatoms. The summed E-state index contributed by atoms with van der Waals surface area (Å²) in [4.78, 5) is 2.80. The summed E-state index contributed by atoms with van der Waals surface area (Å²) in [5.74, 6) is 1.04. The molecule has 2 aliphatic rings. The Hall–Kier alpha value is 0.210. The maximum absolute atomic E-state index is 3.49. The molecule has 0 aromatic heterocycles. The van der Waals surface area contributed by atoms with Gasteiger partial charge in [-0.1, -0.05) is 39.0 Å². The molecule has 0 spiro atoms. The van der Waals surface area contributed by atoms with Gasteiger partial charge in [-0.15, -0.1) is 12.4 Å². The molecule has 0 atom stereocenters. The lowest BCUT2D eigenvalue weighted by Crippen LogP contribution is -2.44. The molecule has 0 unspecified atom stereocenters. The maximum Gasteiger partial charge on any atom is 0.0119 e. The maximum atomic E-state index is 3.49. The molecular weight excluding hydrogens is 256 g/mol. The monoisotopic (exact) mass is 288 g/mol. The van der Waals surface area contributed by atoms with Crippen molar-refractivity contribution < 1.29 is 0 Å². The summed E-state index contributed by atoms with van der Waals surface area (Å²) in [5, 5.41) is 3.49. The van der Waals surface area contributed by atoms with Crippen molar-refractivity contribution in [3.05, 3.63) is 0 Å². The predicted octanol–water partition coefficient (Wildman–Crippen LogP) is 3.84. The Morgan fingerprint density at radius 2 is 1.63 bits per heavy atom. The van der Waals surface area contributed by atoms with Crippen LogP contribution in [0.3, 0.4) is 0 Å². The van der Waals surface area contributed by atoms with Crippen molar-refractivity contribution >= 4 is 12.4 Å². The van der Waals surface area contributed by atoms with Crippen LogP contribution < -0.4 is 5.32 Å². The Morgan fingerprint density at radius 3 is 2.26 bits per heavy atom. The van der Waals surface area contributed by atoms with Gasteiger partial charge in [0.2, 0.25) is 0 Å². The molecule has 1 N–H and O–H groups in total. The number of piperidine rings is 1. The third kappa shape index (κ3) is 6.01. The Balaban J connectivity index is 0.00000180. The number of hydrogen-bond donors (Lipinski definition) is 1. The highest BCUT2D eigenvalue weighted by molar-refractivity contribution is 5.85. The third-order valence-corrected chi connectivity index (χ3v) is 4.89. The highest BCUT2D eigenvalue weighted by Gasteiger charge is 2.21. The van der Waals surface area contributed by atoms with Crippen LogP contribution in [-0.2, 0) is 0 Å². The molecule has 2 rings (SSSR count). The summed E-state index contributed by atoms with van der Waals surface area (Å²) >= 11 is 0. The Morgan fingerprint density at radius 1 is 0.947 bits per heavy atom. The van der Waals surface area contributed by atoms with Gasteiger partial charge >= 0.3 is 0 Å². The number of halogens is 1. The average molecular weight is 289 g/mol. The first-order valence-corrected chi connectivity index (χ1v) is 8.35. The molecule has 1 aliphatic carbocycles. The van der Waals surface area contributed by atoms with Gasteiger partial charge in [0, 0.05) is 6.04 Å². The second kappa shape index (κ2) is 10.0. The molecule has 1 saturated carbocycles. The average Bonchev–Trinajstić information content (AvgIpc) is 2.45. The van der Waals surface area contributed by atoms with Crippen LogP contribution in [0.2, 0.25) is 0 Å². The second-order valence-corrected chi connectivity index (χ2v) is 6.31. The van der Waals surface area contributed by atoms with Crippen molar-refractivity contribution in [2.75, 3.05) is 26.2 Å².